The third kappa shape index (κ3) is 5.21. The first-order chi connectivity index (χ1) is 11.6. The molecule has 0 aliphatic heterocycles. The summed E-state index contributed by atoms with van der Waals surface area (Å²) in [6, 6.07) is 14.3. The zero-order valence-electron chi connectivity index (χ0n) is 13.3. The minimum Gasteiger partial charge on any atom is -0.490 e. The average molecular weight is 332 g/mol. The van der Waals surface area contributed by atoms with Crippen LogP contribution in [0.4, 0.5) is 8.78 Å². The number of rotatable bonds is 8. The van der Waals surface area contributed by atoms with Crippen LogP contribution in [-0.2, 0) is 13.1 Å². The van der Waals surface area contributed by atoms with Gasteiger partial charge in [0.25, 0.3) is 0 Å². The van der Waals surface area contributed by atoms with Crippen molar-refractivity contribution in [3.05, 3.63) is 59.2 Å². The number of alkyl halides is 2. The van der Waals surface area contributed by atoms with Gasteiger partial charge in [0.05, 0.1) is 18.2 Å². The molecular formula is C18H18F2N2O2. The van der Waals surface area contributed by atoms with Gasteiger partial charge < -0.3 is 14.8 Å². The SMILES string of the molecule is CCOc1cc(CNCc2ccc(C#N)cc2)ccc1OC(F)F. The van der Waals surface area contributed by atoms with E-state index in [9.17, 15) is 8.78 Å². The van der Waals surface area contributed by atoms with Gasteiger partial charge in [-0.1, -0.05) is 18.2 Å². The van der Waals surface area contributed by atoms with E-state index < -0.39 is 6.61 Å². The minimum atomic E-state index is -2.88. The zero-order chi connectivity index (χ0) is 17.4. The van der Waals surface area contributed by atoms with Gasteiger partial charge in [-0.05, 0) is 42.3 Å². The normalized spacial score (nSPS) is 10.5. The fraction of sp³-hybridized carbons (Fsp3) is 0.278. The highest BCUT2D eigenvalue weighted by molar-refractivity contribution is 5.43. The van der Waals surface area contributed by atoms with Crippen molar-refractivity contribution >= 4 is 0 Å². The van der Waals surface area contributed by atoms with Gasteiger partial charge in [0.15, 0.2) is 11.5 Å². The van der Waals surface area contributed by atoms with Gasteiger partial charge in [-0.25, -0.2) is 0 Å². The van der Waals surface area contributed by atoms with Crippen molar-refractivity contribution in [1.29, 1.82) is 5.26 Å². The van der Waals surface area contributed by atoms with E-state index in [1.165, 1.54) is 6.07 Å². The maximum atomic E-state index is 12.4. The molecule has 0 aliphatic rings. The van der Waals surface area contributed by atoms with Gasteiger partial charge in [0.1, 0.15) is 0 Å². The highest BCUT2D eigenvalue weighted by Gasteiger charge is 2.11. The van der Waals surface area contributed by atoms with E-state index in [0.29, 0.717) is 31.0 Å². The number of benzene rings is 2. The molecule has 2 aromatic rings. The molecule has 0 saturated heterocycles. The Bertz CT molecular complexity index is 697. The van der Waals surface area contributed by atoms with Crippen LogP contribution < -0.4 is 14.8 Å². The molecule has 0 bridgehead atoms. The predicted octanol–water partition coefficient (Wildman–Crippen LogP) is 3.85. The number of hydrogen-bond donors (Lipinski definition) is 1. The van der Waals surface area contributed by atoms with E-state index in [0.717, 1.165) is 11.1 Å². The molecule has 0 unspecified atom stereocenters. The molecule has 0 fully saturated rings. The third-order valence-corrected chi connectivity index (χ3v) is 3.27. The van der Waals surface area contributed by atoms with E-state index in [1.807, 2.05) is 12.1 Å². The fourth-order valence-electron chi connectivity index (χ4n) is 2.17. The molecule has 126 valence electrons. The monoisotopic (exact) mass is 332 g/mol. The Morgan fingerprint density at radius 1 is 1.04 bits per heavy atom. The quantitative estimate of drug-likeness (QED) is 0.798. The molecule has 0 aromatic heterocycles. The first-order valence-corrected chi connectivity index (χ1v) is 7.52. The van der Waals surface area contributed by atoms with E-state index in [1.54, 1.807) is 31.2 Å². The van der Waals surface area contributed by atoms with Crippen LogP contribution in [0.25, 0.3) is 0 Å². The lowest BCUT2D eigenvalue weighted by Crippen LogP contribution is -2.13. The van der Waals surface area contributed by atoms with Crippen LogP contribution in [-0.4, -0.2) is 13.2 Å². The van der Waals surface area contributed by atoms with Gasteiger partial charge in [0, 0.05) is 13.1 Å². The average Bonchev–Trinajstić information content (AvgIpc) is 2.57. The molecule has 4 nitrogen and oxygen atoms in total. The fourth-order valence-corrected chi connectivity index (χ4v) is 2.17. The van der Waals surface area contributed by atoms with Crippen LogP contribution in [0, 0.1) is 11.3 Å². The Hall–Kier alpha value is -2.65. The Labute approximate surface area is 139 Å². The molecule has 0 radical (unpaired) electrons. The highest BCUT2D eigenvalue weighted by Crippen LogP contribution is 2.29. The smallest absolute Gasteiger partial charge is 0.387 e. The lowest BCUT2D eigenvalue weighted by atomic mass is 10.1. The standard InChI is InChI=1S/C18H18F2N2O2/c1-2-23-17-9-15(7-8-16(17)24-18(19)20)12-22-11-14-5-3-13(10-21)4-6-14/h3-9,18,22H,2,11-12H2,1H3. The highest BCUT2D eigenvalue weighted by atomic mass is 19.3. The van der Waals surface area contributed by atoms with Crippen LogP contribution in [0.1, 0.15) is 23.6 Å². The molecule has 0 aliphatic carbocycles. The van der Waals surface area contributed by atoms with Crippen molar-refractivity contribution in [3.63, 3.8) is 0 Å². The number of hydrogen-bond acceptors (Lipinski definition) is 4. The van der Waals surface area contributed by atoms with E-state index in [2.05, 4.69) is 16.1 Å². The van der Waals surface area contributed by atoms with E-state index in [-0.39, 0.29) is 5.75 Å². The first-order valence-electron chi connectivity index (χ1n) is 7.52. The van der Waals surface area contributed by atoms with Crippen LogP contribution in [0.15, 0.2) is 42.5 Å². The van der Waals surface area contributed by atoms with Crippen LogP contribution in [0.5, 0.6) is 11.5 Å². The van der Waals surface area contributed by atoms with E-state index >= 15 is 0 Å². The lowest BCUT2D eigenvalue weighted by Gasteiger charge is -2.13. The van der Waals surface area contributed by atoms with Gasteiger partial charge in [-0.2, -0.15) is 14.0 Å². The molecule has 24 heavy (non-hydrogen) atoms. The second kappa shape index (κ2) is 8.85. The number of nitrogens with zero attached hydrogens (tertiary/aromatic N) is 1. The van der Waals surface area contributed by atoms with Crippen molar-refractivity contribution in [2.75, 3.05) is 6.61 Å². The summed E-state index contributed by atoms with van der Waals surface area (Å²) in [5, 5.41) is 12.0. The van der Waals surface area contributed by atoms with E-state index in [4.69, 9.17) is 10.00 Å². The first kappa shape index (κ1) is 17.7. The molecule has 1 N–H and O–H groups in total. The number of ether oxygens (including phenoxy) is 2. The summed E-state index contributed by atoms with van der Waals surface area (Å²) in [5.74, 6) is 0.332. The maximum absolute atomic E-state index is 12.4. The number of nitrogens with one attached hydrogen (secondary N) is 1. The van der Waals surface area contributed by atoms with Crippen LogP contribution in [0.3, 0.4) is 0 Å². The van der Waals surface area contributed by atoms with Crippen LogP contribution >= 0.6 is 0 Å². The molecule has 0 spiro atoms. The Balaban J connectivity index is 1.96. The second-order valence-corrected chi connectivity index (χ2v) is 5.00. The third-order valence-electron chi connectivity index (χ3n) is 3.27. The summed E-state index contributed by atoms with van der Waals surface area (Å²) < 4.78 is 34.5. The number of nitriles is 1. The molecule has 0 atom stereocenters. The van der Waals surface area contributed by atoms with Gasteiger partial charge in [-0.15, -0.1) is 0 Å². The van der Waals surface area contributed by atoms with Gasteiger partial charge in [-0.3, -0.25) is 0 Å². The van der Waals surface area contributed by atoms with Crippen molar-refractivity contribution in [2.24, 2.45) is 0 Å². The molecule has 0 saturated carbocycles. The van der Waals surface area contributed by atoms with Crippen LogP contribution in [0.2, 0.25) is 0 Å². The summed E-state index contributed by atoms with van der Waals surface area (Å²) in [6.07, 6.45) is 0. The predicted molar refractivity (Wildman–Crippen MR) is 85.9 cm³/mol. The topological polar surface area (TPSA) is 54.3 Å². The molecule has 0 amide bonds. The zero-order valence-corrected chi connectivity index (χ0v) is 13.3. The summed E-state index contributed by atoms with van der Waals surface area (Å²) in [4.78, 5) is 0. The second-order valence-electron chi connectivity index (χ2n) is 5.00. The van der Waals surface area contributed by atoms with Crippen molar-refractivity contribution < 1.29 is 18.3 Å². The lowest BCUT2D eigenvalue weighted by molar-refractivity contribution is -0.0514. The summed E-state index contributed by atoms with van der Waals surface area (Å²) in [7, 11) is 0. The summed E-state index contributed by atoms with van der Waals surface area (Å²) in [6.45, 7) is 0.438. The summed E-state index contributed by atoms with van der Waals surface area (Å²) >= 11 is 0. The molecule has 0 heterocycles. The van der Waals surface area contributed by atoms with Crippen molar-refractivity contribution in [3.8, 4) is 17.6 Å². The van der Waals surface area contributed by atoms with Gasteiger partial charge >= 0.3 is 6.61 Å². The van der Waals surface area contributed by atoms with Crippen molar-refractivity contribution in [1.82, 2.24) is 5.32 Å². The van der Waals surface area contributed by atoms with Crippen molar-refractivity contribution in [2.45, 2.75) is 26.6 Å². The maximum Gasteiger partial charge on any atom is 0.387 e. The molecule has 6 heteroatoms. The Morgan fingerprint density at radius 3 is 2.33 bits per heavy atom. The molecule has 2 rings (SSSR count). The minimum absolute atomic E-state index is 0.0303. The Morgan fingerprint density at radius 2 is 1.71 bits per heavy atom. The van der Waals surface area contributed by atoms with Gasteiger partial charge in [0.2, 0.25) is 0 Å². The largest absolute Gasteiger partial charge is 0.490 e. The Kier molecular flexibility index (Phi) is 6.52. The molecular weight excluding hydrogens is 314 g/mol. The molecule has 2 aromatic carbocycles. The number of halogens is 2. The summed E-state index contributed by atoms with van der Waals surface area (Å²) in [5.41, 5.74) is 2.57.